The fourth-order valence-corrected chi connectivity index (χ4v) is 2.27. The molecule has 3 rings (SSSR count). The van der Waals surface area contributed by atoms with E-state index in [4.69, 9.17) is 0 Å². The molecule has 0 aromatic heterocycles. The summed E-state index contributed by atoms with van der Waals surface area (Å²) < 4.78 is 26.4. The SMILES string of the molecule is O=C1C(=Cc2ccc(F)cc2)Cc2c(F)cccc21. The van der Waals surface area contributed by atoms with Crippen LogP contribution in [0.4, 0.5) is 8.78 Å². The van der Waals surface area contributed by atoms with Crippen molar-refractivity contribution in [1.29, 1.82) is 0 Å². The number of benzene rings is 2. The molecular formula is C16H10F2O. The van der Waals surface area contributed by atoms with Crippen molar-refractivity contribution in [2.24, 2.45) is 0 Å². The number of ketones is 1. The van der Waals surface area contributed by atoms with Gasteiger partial charge in [-0.05, 0) is 29.8 Å². The number of carbonyl (C=O) groups excluding carboxylic acids is 1. The third-order valence-corrected chi connectivity index (χ3v) is 3.23. The molecule has 1 aliphatic rings. The zero-order valence-corrected chi connectivity index (χ0v) is 9.99. The van der Waals surface area contributed by atoms with Gasteiger partial charge in [0.15, 0.2) is 5.78 Å². The van der Waals surface area contributed by atoms with Crippen LogP contribution in [-0.4, -0.2) is 5.78 Å². The highest BCUT2D eigenvalue weighted by Crippen LogP contribution is 2.29. The number of allylic oxidation sites excluding steroid dienone is 1. The molecule has 0 heterocycles. The average Bonchev–Trinajstić information content (AvgIpc) is 2.72. The van der Waals surface area contributed by atoms with Crippen molar-refractivity contribution in [3.63, 3.8) is 0 Å². The first-order valence-corrected chi connectivity index (χ1v) is 5.93. The summed E-state index contributed by atoms with van der Waals surface area (Å²) in [5.74, 6) is -0.832. The van der Waals surface area contributed by atoms with Crippen LogP contribution in [0.25, 0.3) is 6.08 Å². The summed E-state index contributed by atoms with van der Waals surface area (Å²) in [7, 11) is 0. The summed E-state index contributed by atoms with van der Waals surface area (Å²) in [5.41, 5.74) is 2.14. The van der Waals surface area contributed by atoms with E-state index in [9.17, 15) is 13.6 Å². The Morgan fingerprint density at radius 1 is 1.00 bits per heavy atom. The summed E-state index contributed by atoms with van der Waals surface area (Å²) >= 11 is 0. The Morgan fingerprint density at radius 3 is 2.42 bits per heavy atom. The van der Waals surface area contributed by atoms with E-state index in [1.807, 2.05) is 0 Å². The Hall–Kier alpha value is -2.29. The van der Waals surface area contributed by atoms with Crippen LogP contribution in [0.3, 0.4) is 0 Å². The van der Waals surface area contributed by atoms with E-state index >= 15 is 0 Å². The fraction of sp³-hybridized carbons (Fsp3) is 0.0625. The minimum absolute atomic E-state index is 0.154. The van der Waals surface area contributed by atoms with Gasteiger partial charge in [0.05, 0.1) is 0 Å². The van der Waals surface area contributed by atoms with Gasteiger partial charge in [-0.2, -0.15) is 0 Å². The third-order valence-electron chi connectivity index (χ3n) is 3.23. The molecule has 2 aromatic carbocycles. The Bertz CT molecular complexity index is 684. The zero-order valence-electron chi connectivity index (χ0n) is 9.99. The number of halogens is 2. The number of Topliss-reactive ketones (excluding diaryl/α,β-unsaturated/α-hetero) is 1. The van der Waals surface area contributed by atoms with Crippen LogP contribution in [0.1, 0.15) is 21.5 Å². The Morgan fingerprint density at radius 2 is 1.74 bits per heavy atom. The van der Waals surface area contributed by atoms with Crippen molar-refractivity contribution in [3.8, 4) is 0 Å². The molecule has 19 heavy (non-hydrogen) atoms. The molecule has 0 N–H and O–H groups in total. The van der Waals surface area contributed by atoms with Gasteiger partial charge >= 0.3 is 0 Å². The minimum Gasteiger partial charge on any atom is -0.289 e. The number of fused-ring (bicyclic) bond motifs is 1. The van der Waals surface area contributed by atoms with E-state index in [0.717, 1.165) is 5.56 Å². The maximum absolute atomic E-state index is 13.6. The quantitative estimate of drug-likeness (QED) is 0.709. The molecule has 0 aliphatic heterocycles. The molecule has 94 valence electrons. The molecule has 0 fully saturated rings. The molecular weight excluding hydrogens is 246 g/mol. The van der Waals surface area contributed by atoms with Crippen molar-refractivity contribution in [1.82, 2.24) is 0 Å². The second-order valence-electron chi connectivity index (χ2n) is 4.49. The number of hydrogen-bond acceptors (Lipinski definition) is 1. The van der Waals surface area contributed by atoms with E-state index in [2.05, 4.69) is 0 Å². The lowest BCUT2D eigenvalue weighted by molar-refractivity contribution is 0.104. The Kier molecular flexibility index (Phi) is 2.75. The molecule has 0 radical (unpaired) electrons. The summed E-state index contributed by atoms with van der Waals surface area (Å²) in [6.45, 7) is 0. The molecule has 0 spiro atoms. The summed E-state index contributed by atoms with van der Waals surface area (Å²) in [6.07, 6.45) is 1.97. The van der Waals surface area contributed by atoms with Crippen molar-refractivity contribution < 1.29 is 13.6 Å². The van der Waals surface area contributed by atoms with Gasteiger partial charge in [0.2, 0.25) is 0 Å². The highest BCUT2D eigenvalue weighted by atomic mass is 19.1. The van der Waals surface area contributed by atoms with E-state index in [-0.39, 0.29) is 23.8 Å². The van der Waals surface area contributed by atoms with Crippen LogP contribution >= 0.6 is 0 Å². The van der Waals surface area contributed by atoms with Gasteiger partial charge in [-0.1, -0.05) is 24.3 Å². The van der Waals surface area contributed by atoms with Crippen molar-refractivity contribution >= 4 is 11.9 Å². The van der Waals surface area contributed by atoms with Crippen LogP contribution in [0, 0.1) is 11.6 Å². The van der Waals surface area contributed by atoms with Crippen molar-refractivity contribution in [2.45, 2.75) is 6.42 Å². The van der Waals surface area contributed by atoms with E-state index in [1.165, 1.54) is 24.3 Å². The van der Waals surface area contributed by atoms with Crippen molar-refractivity contribution in [3.05, 3.63) is 76.4 Å². The molecule has 1 nitrogen and oxygen atoms in total. The maximum Gasteiger partial charge on any atom is 0.189 e. The van der Waals surface area contributed by atoms with Gasteiger partial charge < -0.3 is 0 Å². The van der Waals surface area contributed by atoms with Crippen molar-refractivity contribution in [2.75, 3.05) is 0 Å². The normalized spacial score (nSPS) is 15.9. The van der Waals surface area contributed by atoms with Gasteiger partial charge in [-0.3, -0.25) is 4.79 Å². The molecule has 3 heteroatoms. The van der Waals surface area contributed by atoms with E-state index < -0.39 is 0 Å². The number of carbonyl (C=O) groups is 1. The Labute approximate surface area is 109 Å². The lowest BCUT2D eigenvalue weighted by atomic mass is 10.1. The lowest BCUT2D eigenvalue weighted by Gasteiger charge is -1.96. The van der Waals surface area contributed by atoms with Crippen LogP contribution in [-0.2, 0) is 6.42 Å². The summed E-state index contributed by atoms with van der Waals surface area (Å²) in [5, 5.41) is 0. The van der Waals surface area contributed by atoms with E-state index in [0.29, 0.717) is 16.7 Å². The summed E-state index contributed by atoms with van der Waals surface area (Å²) in [6, 6.07) is 10.4. The smallest absolute Gasteiger partial charge is 0.189 e. The van der Waals surface area contributed by atoms with Crippen LogP contribution in [0.2, 0.25) is 0 Å². The first kappa shape index (κ1) is 11.8. The fourth-order valence-electron chi connectivity index (χ4n) is 2.27. The first-order valence-electron chi connectivity index (χ1n) is 5.93. The van der Waals surface area contributed by atoms with Gasteiger partial charge in [0, 0.05) is 23.1 Å². The molecule has 0 saturated heterocycles. The number of rotatable bonds is 1. The highest BCUT2D eigenvalue weighted by molar-refractivity contribution is 6.15. The van der Waals surface area contributed by atoms with Gasteiger partial charge in [-0.15, -0.1) is 0 Å². The molecule has 0 bridgehead atoms. The molecule has 1 aliphatic carbocycles. The predicted octanol–water partition coefficient (Wildman–Crippen LogP) is 3.79. The van der Waals surface area contributed by atoms with Gasteiger partial charge in [0.25, 0.3) is 0 Å². The largest absolute Gasteiger partial charge is 0.289 e. The summed E-state index contributed by atoms with van der Waals surface area (Å²) in [4.78, 5) is 12.1. The Balaban J connectivity index is 2.00. The topological polar surface area (TPSA) is 17.1 Å². The van der Waals surface area contributed by atoms with Crippen LogP contribution in [0.15, 0.2) is 48.0 Å². The predicted molar refractivity (Wildman–Crippen MR) is 68.8 cm³/mol. The second kappa shape index (κ2) is 4.43. The monoisotopic (exact) mass is 256 g/mol. The molecule has 2 aromatic rings. The zero-order chi connectivity index (χ0) is 13.4. The first-order chi connectivity index (χ1) is 9.15. The lowest BCUT2D eigenvalue weighted by Crippen LogP contribution is -1.95. The highest BCUT2D eigenvalue weighted by Gasteiger charge is 2.26. The second-order valence-corrected chi connectivity index (χ2v) is 4.49. The third kappa shape index (κ3) is 2.08. The minimum atomic E-state index is -0.353. The molecule has 0 saturated carbocycles. The number of hydrogen-bond donors (Lipinski definition) is 0. The van der Waals surface area contributed by atoms with Crippen LogP contribution in [0.5, 0.6) is 0 Å². The molecule has 0 unspecified atom stereocenters. The van der Waals surface area contributed by atoms with E-state index in [1.54, 1.807) is 24.3 Å². The molecule has 0 amide bonds. The van der Waals surface area contributed by atoms with Gasteiger partial charge in [0.1, 0.15) is 11.6 Å². The standard InChI is InChI=1S/C16H10F2O/c17-12-6-4-10(5-7-12)8-11-9-14-13(16(11)19)2-1-3-15(14)18/h1-8H,9H2. The van der Waals surface area contributed by atoms with Crippen LogP contribution < -0.4 is 0 Å². The maximum atomic E-state index is 13.6. The van der Waals surface area contributed by atoms with Gasteiger partial charge in [-0.25, -0.2) is 8.78 Å². The molecule has 0 atom stereocenters. The average molecular weight is 256 g/mol.